The minimum atomic E-state index is -3.26. The molecule has 1 aromatic carbocycles. The van der Waals surface area contributed by atoms with Crippen LogP contribution in [0.25, 0.3) is 11.5 Å². The van der Waals surface area contributed by atoms with E-state index >= 15 is 0 Å². The van der Waals surface area contributed by atoms with E-state index in [9.17, 15) is 8.42 Å². The number of benzene rings is 1. The van der Waals surface area contributed by atoms with Gasteiger partial charge in [0, 0.05) is 32.2 Å². The van der Waals surface area contributed by atoms with E-state index in [-0.39, 0.29) is 36.3 Å². The quantitative estimate of drug-likeness (QED) is 0.291. The Morgan fingerprint density at radius 1 is 1.17 bits per heavy atom. The van der Waals surface area contributed by atoms with Gasteiger partial charge in [0.1, 0.15) is 6.26 Å². The first-order valence-electron chi connectivity index (χ1n) is 9.33. The van der Waals surface area contributed by atoms with Gasteiger partial charge >= 0.3 is 0 Å². The Bertz CT molecular complexity index is 878. The number of aryl methyl sites for hydroxylation is 1. The van der Waals surface area contributed by atoms with Crippen molar-refractivity contribution in [3.05, 3.63) is 41.8 Å². The van der Waals surface area contributed by atoms with E-state index in [2.05, 4.69) is 20.6 Å². The minimum absolute atomic E-state index is 0. The number of nitrogens with zero attached hydrogens (tertiary/aromatic N) is 3. The molecule has 0 unspecified atom stereocenters. The first kappa shape index (κ1) is 25.4. The lowest BCUT2D eigenvalue weighted by Crippen LogP contribution is -2.41. The van der Waals surface area contributed by atoms with E-state index in [0.29, 0.717) is 31.5 Å². The van der Waals surface area contributed by atoms with E-state index in [0.717, 1.165) is 11.3 Å². The van der Waals surface area contributed by atoms with Crippen molar-refractivity contribution >= 4 is 40.0 Å². The molecule has 0 radical (unpaired) electrons. The first-order chi connectivity index (χ1) is 13.4. The Morgan fingerprint density at radius 3 is 2.41 bits per heavy atom. The van der Waals surface area contributed by atoms with Crippen molar-refractivity contribution in [2.45, 2.75) is 27.3 Å². The number of oxazole rings is 1. The van der Waals surface area contributed by atoms with E-state index < -0.39 is 10.0 Å². The van der Waals surface area contributed by atoms with Gasteiger partial charge in [-0.25, -0.2) is 17.7 Å². The molecule has 0 atom stereocenters. The summed E-state index contributed by atoms with van der Waals surface area (Å²) in [7, 11) is -1.63. The molecule has 2 aromatic rings. The smallest absolute Gasteiger partial charge is 0.226 e. The van der Waals surface area contributed by atoms with Crippen molar-refractivity contribution < 1.29 is 12.8 Å². The van der Waals surface area contributed by atoms with Gasteiger partial charge in [-0.3, -0.25) is 4.99 Å². The molecule has 2 N–H and O–H groups in total. The molecule has 1 aromatic heterocycles. The summed E-state index contributed by atoms with van der Waals surface area (Å²) >= 11 is 0. The van der Waals surface area contributed by atoms with Crippen molar-refractivity contribution in [1.29, 1.82) is 0 Å². The van der Waals surface area contributed by atoms with E-state index in [1.54, 1.807) is 13.3 Å². The van der Waals surface area contributed by atoms with Crippen molar-refractivity contribution in [1.82, 2.24) is 19.9 Å². The average molecular weight is 535 g/mol. The maximum Gasteiger partial charge on any atom is 0.226 e. The highest BCUT2D eigenvalue weighted by atomic mass is 127. The normalized spacial score (nSPS) is 12.0. The van der Waals surface area contributed by atoms with Gasteiger partial charge in [0.15, 0.2) is 5.96 Å². The maximum atomic E-state index is 12.2. The van der Waals surface area contributed by atoms with Gasteiger partial charge in [-0.2, -0.15) is 0 Å². The molecule has 0 aliphatic heterocycles. The largest absolute Gasteiger partial charge is 0.444 e. The minimum Gasteiger partial charge on any atom is -0.444 e. The lowest BCUT2D eigenvalue weighted by Gasteiger charge is -2.19. The van der Waals surface area contributed by atoms with Crippen molar-refractivity contribution in [3.8, 4) is 11.5 Å². The summed E-state index contributed by atoms with van der Waals surface area (Å²) in [5, 5.41) is 6.13. The number of aromatic nitrogens is 1. The molecule has 29 heavy (non-hydrogen) atoms. The highest BCUT2D eigenvalue weighted by Crippen LogP contribution is 2.18. The summed E-state index contributed by atoms with van der Waals surface area (Å²) < 4.78 is 31.4. The van der Waals surface area contributed by atoms with Crippen LogP contribution >= 0.6 is 24.0 Å². The predicted octanol–water partition coefficient (Wildman–Crippen LogP) is 2.60. The van der Waals surface area contributed by atoms with Crippen LogP contribution in [0.15, 0.2) is 39.9 Å². The third-order valence-corrected chi connectivity index (χ3v) is 6.29. The zero-order valence-electron chi connectivity index (χ0n) is 17.3. The number of hydrogen-bond acceptors (Lipinski definition) is 5. The van der Waals surface area contributed by atoms with Crippen LogP contribution in [-0.4, -0.2) is 56.1 Å². The Morgan fingerprint density at radius 2 is 1.83 bits per heavy atom. The SMILES string of the molecule is CCN(CC)S(=O)(=O)CCNC(=NC)NCc1coc(-c2ccc(C)cc2)n1.I. The van der Waals surface area contributed by atoms with Gasteiger partial charge in [-0.1, -0.05) is 31.5 Å². The molecular formula is C19H30IN5O3S. The molecule has 1 heterocycles. The molecule has 0 amide bonds. The number of sulfonamides is 1. The Hall–Kier alpha value is -1.66. The zero-order chi connectivity index (χ0) is 20.6. The van der Waals surface area contributed by atoms with Crippen molar-refractivity contribution in [2.24, 2.45) is 4.99 Å². The standard InChI is InChI=1S/C19H29N5O3S.HI/c1-5-24(6-2)28(25,26)12-11-21-19(20-4)22-13-17-14-27-18(23-17)16-9-7-15(3)8-10-16;/h7-10,14H,5-6,11-13H2,1-4H3,(H2,20,21,22);1H. The molecule has 2 rings (SSSR count). The molecule has 0 fully saturated rings. The first-order valence-corrected chi connectivity index (χ1v) is 10.9. The van der Waals surface area contributed by atoms with Crippen LogP contribution in [0, 0.1) is 6.92 Å². The van der Waals surface area contributed by atoms with Gasteiger partial charge < -0.3 is 15.1 Å². The van der Waals surface area contributed by atoms with Crippen LogP contribution in [0.1, 0.15) is 25.1 Å². The summed E-state index contributed by atoms with van der Waals surface area (Å²) in [4.78, 5) is 8.58. The molecule has 0 spiro atoms. The second-order valence-corrected chi connectivity index (χ2v) is 8.35. The average Bonchev–Trinajstić information content (AvgIpc) is 3.14. The van der Waals surface area contributed by atoms with Gasteiger partial charge in [0.25, 0.3) is 0 Å². The van der Waals surface area contributed by atoms with Crippen molar-refractivity contribution in [2.75, 3.05) is 32.4 Å². The molecule has 10 heteroatoms. The Labute approximate surface area is 190 Å². The lowest BCUT2D eigenvalue weighted by molar-refractivity contribution is 0.445. The lowest BCUT2D eigenvalue weighted by atomic mass is 10.1. The molecule has 0 saturated heterocycles. The summed E-state index contributed by atoms with van der Waals surface area (Å²) in [6, 6.07) is 7.95. The second kappa shape index (κ2) is 12.1. The van der Waals surface area contributed by atoms with Gasteiger partial charge in [-0.05, 0) is 19.1 Å². The Balaban J connectivity index is 0.00000420. The number of aliphatic imine (C=N–C) groups is 1. The van der Waals surface area contributed by atoms with Crippen LogP contribution in [0.2, 0.25) is 0 Å². The second-order valence-electron chi connectivity index (χ2n) is 6.26. The summed E-state index contributed by atoms with van der Waals surface area (Å²) in [6.07, 6.45) is 1.60. The molecule has 0 aliphatic rings. The van der Waals surface area contributed by atoms with Gasteiger partial charge in [0.05, 0.1) is 18.0 Å². The van der Waals surface area contributed by atoms with Crippen LogP contribution < -0.4 is 10.6 Å². The van der Waals surface area contributed by atoms with E-state index in [1.807, 2.05) is 45.0 Å². The van der Waals surface area contributed by atoms with Crippen LogP contribution in [0.3, 0.4) is 0 Å². The van der Waals surface area contributed by atoms with Gasteiger partial charge in [-0.15, -0.1) is 24.0 Å². The predicted molar refractivity (Wildman–Crippen MR) is 127 cm³/mol. The number of hydrogen-bond donors (Lipinski definition) is 2. The number of guanidine groups is 1. The fourth-order valence-electron chi connectivity index (χ4n) is 2.66. The number of nitrogens with one attached hydrogen (secondary N) is 2. The van der Waals surface area contributed by atoms with E-state index in [1.165, 1.54) is 9.87 Å². The molecule has 0 aliphatic carbocycles. The number of rotatable bonds is 9. The van der Waals surface area contributed by atoms with Crippen LogP contribution in [0.4, 0.5) is 0 Å². The summed E-state index contributed by atoms with van der Waals surface area (Å²) in [5.74, 6) is 1.08. The third kappa shape index (κ3) is 7.59. The van der Waals surface area contributed by atoms with Crippen LogP contribution in [0.5, 0.6) is 0 Å². The molecule has 0 bridgehead atoms. The topological polar surface area (TPSA) is 99.8 Å². The molecule has 0 saturated carbocycles. The van der Waals surface area contributed by atoms with Crippen LogP contribution in [-0.2, 0) is 16.6 Å². The molecule has 8 nitrogen and oxygen atoms in total. The highest BCUT2D eigenvalue weighted by molar-refractivity contribution is 14.0. The molecule has 162 valence electrons. The molecular weight excluding hydrogens is 505 g/mol. The van der Waals surface area contributed by atoms with Gasteiger partial charge in [0.2, 0.25) is 15.9 Å². The summed E-state index contributed by atoms with van der Waals surface area (Å²) in [5.41, 5.74) is 2.82. The van der Waals surface area contributed by atoms with Crippen molar-refractivity contribution in [3.63, 3.8) is 0 Å². The van der Waals surface area contributed by atoms with E-state index in [4.69, 9.17) is 4.42 Å². The monoisotopic (exact) mass is 535 g/mol. The Kier molecular flexibility index (Phi) is 10.6. The third-order valence-electron chi connectivity index (χ3n) is 4.26. The fourth-order valence-corrected chi connectivity index (χ4v) is 4.06. The summed E-state index contributed by atoms with van der Waals surface area (Å²) in [6.45, 7) is 7.32. The zero-order valence-corrected chi connectivity index (χ0v) is 20.5. The fraction of sp³-hybridized carbons (Fsp3) is 0.474. The number of halogens is 1. The highest BCUT2D eigenvalue weighted by Gasteiger charge is 2.18. The maximum absolute atomic E-state index is 12.2.